The summed E-state index contributed by atoms with van der Waals surface area (Å²) in [5.74, 6) is -0.602. The highest BCUT2D eigenvalue weighted by molar-refractivity contribution is 5.82. The van der Waals surface area contributed by atoms with Crippen molar-refractivity contribution < 1.29 is 39.5 Å². The zero-order chi connectivity index (χ0) is 38.5. The van der Waals surface area contributed by atoms with Gasteiger partial charge in [0.15, 0.2) is 0 Å². The molecule has 1 rings (SSSR count). The van der Waals surface area contributed by atoms with Crippen LogP contribution in [0.15, 0.2) is 83.1 Å². The van der Waals surface area contributed by atoms with Gasteiger partial charge in [0.1, 0.15) is 12.2 Å². The van der Waals surface area contributed by atoms with Crippen molar-refractivity contribution in [1.82, 2.24) is 0 Å². The second-order valence-electron chi connectivity index (χ2n) is 14.8. The maximum Gasteiger partial charge on any atom is 0.331 e. The lowest BCUT2D eigenvalue weighted by Crippen LogP contribution is -2.27. The minimum Gasteiger partial charge on any atom is -0.462 e. The molecule has 0 aromatic rings. The lowest BCUT2D eigenvalue weighted by Gasteiger charge is -2.26. The molecule has 8 heteroatoms. The third kappa shape index (κ3) is 20.6. The summed E-state index contributed by atoms with van der Waals surface area (Å²) in [5.41, 5.74) is 3.83. The molecule has 0 saturated carbocycles. The van der Waals surface area contributed by atoms with Crippen LogP contribution >= 0.6 is 0 Å². The van der Waals surface area contributed by atoms with Crippen LogP contribution < -0.4 is 0 Å². The fourth-order valence-electron chi connectivity index (χ4n) is 6.15. The van der Waals surface area contributed by atoms with Crippen LogP contribution in [0.4, 0.5) is 0 Å². The number of esters is 2. The summed E-state index contributed by atoms with van der Waals surface area (Å²) < 4.78 is 11.8. The number of allylic oxidation sites excluding steroid dienone is 10. The highest BCUT2D eigenvalue weighted by Gasteiger charge is 2.25. The van der Waals surface area contributed by atoms with Gasteiger partial charge in [-0.3, -0.25) is 4.79 Å². The second kappa shape index (κ2) is 25.0. The molecule has 0 spiro atoms. The number of carbonyl (C=O) groups excluding carboxylic acids is 2. The summed E-state index contributed by atoms with van der Waals surface area (Å²) in [6, 6.07) is 0. The van der Waals surface area contributed by atoms with Gasteiger partial charge in [0.05, 0.1) is 24.4 Å². The van der Waals surface area contributed by atoms with E-state index in [1.165, 1.54) is 6.08 Å². The lowest BCUT2D eigenvalue weighted by atomic mass is 9.90. The average Bonchev–Trinajstić information content (AvgIpc) is 3.03. The van der Waals surface area contributed by atoms with Crippen LogP contribution in [0, 0.1) is 17.8 Å². The first kappa shape index (κ1) is 46.0. The molecule has 0 aromatic heterocycles. The molecule has 0 aromatic carbocycles. The van der Waals surface area contributed by atoms with Crippen molar-refractivity contribution in [3.8, 4) is 0 Å². The van der Waals surface area contributed by atoms with E-state index in [1.807, 2.05) is 71.9 Å². The van der Waals surface area contributed by atoms with Crippen molar-refractivity contribution in [2.45, 2.75) is 157 Å². The monoisotopic (exact) mass is 712 g/mol. The maximum atomic E-state index is 12.9. The molecule has 288 valence electrons. The first-order valence-electron chi connectivity index (χ1n) is 18.9. The van der Waals surface area contributed by atoms with E-state index in [0.29, 0.717) is 32.1 Å². The van der Waals surface area contributed by atoms with E-state index in [1.54, 1.807) is 19.1 Å². The molecule has 0 radical (unpaired) electrons. The third-order valence-corrected chi connectivity index (χ3v) is 9.18. The van der Waals surface area contributed by atoms with Gasteiger partial charge in [0.25, 0.3) is 0 Å². The van der Waals surface area contributed by atoms with E-state index >= 15 is 0 Å². The van der Waals surface area contributed by atoms with Crippen molar-refractivity contribution in [3.05, 3.63) is 83.1 Å². The maximum absolute atomic E-state index is 12.9. The summed E-state index contributed by atoms with van der Waals surface area (Å²) in [6.07, 6.45) is 20.3. The smallest absolute Gasteiger partial charge is 0.331 e. The largest absolute Gasteiger partial charge is 0.462 e. The van der Waals surface area contributed by atoms with E-state index in [-0.39, 0.29) is 42.4 Å². The molecule has 51 heavy (non-hydrogen) atoms. The molecule has 0 fully saturated rings. The van der Waals surface area contributed by atoms with Gasteiger partial charge in [-0.2, -0.15) is 0 Å². The average molecular weight is 713 g/mol. The third-order valence-electron chi connectivity index (χ3n) is 9.18. The number of carbonyl (C=O) groups is 2. The Bertz CT molecular complexity index is 1270. The Morgan fingerprint density at radius 2 is 1.63 bits per heavy atom. The van der Waals surface area contributed by atoms with Gasteiger partial charge in [0, 0.05) is 24.8 Å². The Kier molecular flexibility index (Phi) is 22.6. The van der Waals surface area contributed by atoms with E-state index in [4.69, 9.17) is 9.47 Å². The minimum atomic E-state index is -0.890. The van der Waals surface area contributed by atoms with Gasteiger partial charge >= 0.3 is 11.9 Å². The summed E-state index contributed by atoms with van der Waals surface area (Å²) >= 11 is 0. The zero-order valence-corrected chi connectivity index (χ0v) is 32.8. The quantitative estimate of drug-likeness (QED) is 0.0514. The number of cyclic esters (lactones) is 1. The molecular formula is C43H68O8. The van der Waals surface area contributed by atoms with Crippen LogP contribution in [0.2, 0.25) is 0 Å². The second-order valence-corrected chi connectivity index (χ2v) is 14.8. The van der Waals surface area contributed by atoms with Crippen molar-refractivity contribution in [2.24, 2.45) is 17.8 Å². The summed E-state index contributed by atoms with van der Waals surface area (Å²) in [5, 5.41) is 39.9. The van der Waals surface area contributed by atoms with Crippen LogP contribution in [0.1, 0.15) is 120 Å². The number of hydrogen-bond donors (Lipinski definition) is 4. The van der Waals surface area contributed by atoms with E-state index < -0.39 is 30.4 Å². The zero-order valence-electron chi connectivity index (χ0n) is 32.8. The Hall–Kier alpha value is -3.04. The molecule has 1 aliphatic rings. The standard InChI is InChI=1S/C43H68O8/c1-10-15-37(45)39(47)27-30(3)17-13-16-29(2)24-31(4)22-23-43(49)50-40-20-14-21-42(48)51-41(19-12-11-18-33(40)6)35(8)26-32(5)25-34(7)38(46)28-36(9)44/h11-13,16-17,22-25,27,33-41,44-47H,10,14-15,18-21,26,28H2,1-9H3/b12-11+,17-13+,23-22+,29-16?,30-27+,31-24?,32-25+/t33-,34+,35-,36+,37-,38+,39-,40-,41+/m0/s1. The molecule has 0 bridgehead atoms. The van der Waals surface area contributed by atoms with E-state index in [0.717, 1.165) is 41.6 Å². The van der Waals surface area contributed by atoms with Gasteiger partial charge in [0.2, 0.25) is 0 Å². The van der Waals surface area contributed by atoms with Gasteiger partial charge in [-0.05, 0) is 85.0 Å². The normalized spacial score (nSPS) is 25.0. The molecule has 0 aliphatic carbocycles. The van der Waals surface area contributed by atoms with Gasteiger partial charge in [-0.1, -0.05) is 111 Å². The Balaban J connectivity index is 2.79. The highest BCUT2D eigenvalue weighted by Crippen LogP contribution is 2.26. The van der Waals surface area contributed by atoms with Crippen LogP contribution in [0.3, 0.4) is 0 Å². The molecule has 0 unspecified atom stereocenters. The topological polar surface area (TPSA) is 134 Å². The summed E-state index contributed by atoms with van der Waals surface area (Å²) in [4.78, 5) is 25.7. The fourth-order valence-corrected chi connectivity index (χ4v) is 6.15. The van der Waals surface area contributed by atoms with Crippen molar-refractivity contribution in [1.29, 1.82) is 0 Å². The van der Waals surface area contributed by atoms with Gasteiger partial charge in [-0.15, -0.1) is 0 Å². The van der Waals surface area contributed by atoms with Crippen molar-refractivity contribution in [2.75, 3.05) is 0 Å². The Labute approximate surface area is 308 Å². The SMILES string of the molecule is CCC[C@H](O)[C@@H](O)/C=C(C)/C=C/C=C(C)C=C(C)/C=C/C(=O)O[C@H]1CCCC(=O)O[C@@H]([C@@H](C)C/C(C)=C/[C@@H](C)[C@H](O)C[C@@H](C)O)C/C=C/C[C@@H]1C. The first-order valence-corrected chi connectivity index (χ1v) is 18.9. The van der Waals surface area contributed by atoms with E-state index in [2.05, 4.69) is 26.0 Å². The van der Waals surface area contributed by atoms with Crippen molar-refractivity contribution in [3.63, 3.8) is 0 Å². The molecule has 4 N–H and O–H groups in total. The van der Waals surface area contributed by atoms with E-state index in [9.17, 15) is 30.0 Å². The molecule has 0 saturated heterocycles. The number of aliphatic hydroxyl groups excluding tert-OH is 4. The van der Waals surface area contributed by atoms with Gasteiger partial charge in [-0.25, -0.2) is 4.79 Å². The van der Waals surface area contributed by atoms with Crippen LogP contribution in [0.5, 0.6) is 0 Å². The van der Waals surface area contributed by atoms with Crippen LogP contribution in [-0.2, 0) is 19.1 Å². The van der Waals surface area contributed by atoms with Crippen LogP contribution in [-0.4, -0.2) is 69.0 Å². The molecule has 1 heterocycles. The Morgan fingerprint density at radius 1 is 0.941 bits per heavy atom. The fraction of sp³-hybridized carbons (Fsp3) is 0.628. The highest BCUT2D eigenvalue weighted by atomic mass is 16.5. The molecule has 1 aliphatic heterocycles. The Morgan fingerprint density at radius 3 is 2.29 bits per heavy atom. The number of aliphatic hydroxyl groups is 4. The summed E-state index contributed by atoms with van der Waals surface area (Å²) in [7, 11) is 0. The summed E-state index contributed by atoms with van der Waals surface area (Å²) in [6.45, 7) is 17.5. The molecule has 0 amide bonds. The molecule has 9 atom stereocenters. The first-order chi connectivity index (χ1) is 24.0. The lowest BCUT2D eigenvalue weighted by molar-refractivity contribution is -0.151. The van der Waals surface area contributed by atoms with Crippen molar-refractivity contribution >= 4 is 11.9 Å². The molecule has 8 nitrogen and oxygen atoms in total. The number of hydrogen-bond acceptors (Lipinski definition) is 8. The predicted molar refractivity (Wildman–Crippen MR) is 207 cm³/mol. The number of ether oxygens (including phenoxy) is 2. The molecular weight excluding hydrogens is 644 g/mol. The number of rotatable bonds is 17. The minimum absolute atomic E-state index is 0.0757. The predicted octanol–water partition coefficient (Wildman–Crippen LogP) is 8.18. The van der Waals surface area contributed by atoms with Crippen LogP contribution in [0.25, 0.3) is 0 Å². The van der Waals surface area contributed by atoms with Gasteiger partial charge < -0.3 is 29.9 Å².